The van der Waals surface area contributed by atoms with E-state index in [0.717, 1.165) is 29.6 Å². The van der Waals surface area contributed by atoms with E-state index in [2.05, 4.69) is 25.9 Å². The number of thiazole rings is 1. The van der Waals surface area contributed by atoms with E-state index >= 15 is 0 Å². The van der Waals surface area contributed by atoms with Crippen LogP contribution in [0.25, 0.3) is 0 Å². The van der Waals surface area contributed by atoms with E-state index < -0.39 is 18.0 Å². The van der Waals surface area contributed by atoms with E-state index in [9.17, 15) is 18.0 Å². The average Bonchev–Trinajstić information content (AvgIpc) is 3.32. The smallest absolute Gasteiger partial charge is 0.434 e. The van der Waals surface area contributed by atoms with Gasteiger partial charge in [0.15, 0.2) is 11.7 Å². The molecule has 0 saturated heterocycles. The second-order valence-corrected chi connectivity index (χ2v) is 6.95. The second kappa shape index (κ2) is 9.77. The molecule has 1 saturated carbocycles. The zero-order valence-electron chi connectivity index (χ0n) is 15.2. The molecule has 1 aromatic heterocycles. The van der Waals surface area contributed by atoms with Crippen molar-refractivity contribution in [3.8, 4) is 0 Å². The van der Waals surface area contributed by atoms with Crippen molar-refractivity contribution in [2.24, 2.45) is 10.9 Å². The van der Waals surface area contributed by atoms with Gasteiger partial charge in [-0.15, -0.1) is 11.3 Å². The number of aromatic nitrogens is 1. The van der Waals surface area contributed by atoms with Gasteiger partial charge in [-0.2, -0.15) is 13.2 Å². The summed E-state index contributed by atoms with van der Waals surface area (Å²) in [5.41, 5.74) is -0.900. The molecule has 1 unspecified atom stereocenters. The Morgan fingerprint density at radius 1 is 1.41 bits per heavy atom. The first kappa shape index (κ1) is 21.3. The Kier molecular flexibility index (Phi) is 7.69. The minimum Gasteiger partial charge on any atom is -0.450 e. The van der Waals surface area contributed by atoms with Crippen molar-refractivity contribution in [3.05, 3.63) is 16.1 Å². The third-order valence-corrected chi connectivity index (χ3v) is 4.65. The number of rotatable bonds is 8. The molecule has 0 aromatic carbocycles. The Labute approximate surface area is 159 Å². The van der Waals surface area contributed by atoms with Crippen molar-refractivity contribution in [2.45, 2.75) is 45.5 Å². The highest BCUT2D eigenvalue weighted by Gasteiger charge is 2.34. The van der Waals surface area contributed by atoms with E-state index in [0.29, 0.717) is 31.6 Å². The molecular weight excluding hydrogens is 383 g/mol. The van der Waals surface area contributed by atoms with Crippen molar-refractivity contribution in [2.75, 3.05) is 19.7 Å². The molecule has 0 bridgehead atoms. The number of alkyl carbamates (subject to hydrolysis) is 1. The molecule has 1 amide bonds. The topological polar surface area (TPSA) is 87.6 Å². The maximum atomic E-state index is 12.6. The van der Waals surface area contributed by atoms with Crippen molar-refractivity contribution in [1.29, 1.82) is 0 Å². The standard InChI is InChI=1S/C16H24F3N5O2S/c1-3-20-14(22-8-13-24-12(9-27-13)16(17,18)19)21-7-11(10-5-6-10)23-15(25)26-4-2/h9-11H,3-8H2,1-2H3,(H,23,25)(H2,20,21,22). The monoisotopic (exact) mass is 407 g/mol. The van der Waals surface area contributed by atoms with Crippen LogP contribution in [0.1, 0.15) is 37.4 Å². The highest BCUT2D eigenvalue weighted by atomic mass is 32.1. The van der Waals surface area contributed by atoms with Crippen LogP contribution >= 0.6 is 11.3 Å². The Bertz CT molecular complexity index is 646. The van der Waals surface area contributed by atoms with Crippen LogP contribution in [0.2, 0.25) is 0 Å². The minimum absolute atomic E-state index is 0.0372. The first-order chi connectivity index (χ1) is 12.8. The molecule has 11 heteroatoms. The van der Waals surface area contributed by atoms with Crippen molar-refractivity contribution in [3.63, 3.8) is 0 Å². The molecule has 1 heterocycles. The van der Waals surface area contributed by atoms with Gasteiger partial charge in [0.2, 0.25) is 0 Å². The lowest BCUT2D eigenvalue weighted by Crippen LogP contribution is -2.48. The summed E-state index contributed by atoms with van der Waals surface area (Å²) in [6, 6.07) is -0.0930. The van der Waals surface area contributed by atoms with Crippen LogP contribution in [0.4, 0.5) is 18.0 Å². The van der Waals surface area contributed by atoms with Crippen molar-refractivity contribution >= 4 is 23.4 Å². The van der Waals surface area contributed by atoms with Crippen molar-refractivity contribution in [1.82, 2.24) is 20.9 Å². The van der Waals surface area contributed by atoms with Crippen LogP contribution in [0.15, 0.2) is 10.4 Å². The predicted octanol–water partition coefficient (Wildman–Crippen LogP) is 2.74. The van der Waals surface area contributed by atoms with Crippen LogP contribution in [0.3, 0.4) is 0 Å². The summed E-state index contributed by atoms with van der Waals surface area (Å²) in [5, 5.41) is 10.2. The molecule has 2 rings (SSSR count). The summed E-state index contributed by atoms with van der Waals surface area (Å²) >= 11 is 0.922. The molecule has 1 aromatic rings. The third-order valence-electron chi connectivity index (χ3n) is 3.82. The summed E-state index contributed by atoms with van der Waals surface area (Å²) in [4.78, 5) is 19.5. The highest BCUT2D eigenvalue weighted by molar-refractivity contribution is 7.09. The van der Waals surface area contributed by atoms with E-state index in [1.165, 1.54) is 0 Å². The molecule has 3 N–H and O–H groups in total. The molecule has 7 nitrogen and oxygen atoms in total. The van der Waals surface area contributed by atoms with Gasteiger partial charge >= 0.3 is 12.3 Å². The number of ether oxygens (including phenoxy) is 1. The van der Waals surface area contributed by atoms with Gasteiger partial charge in [-0.25, -0.2) is 14.8 Å². The quantitative estimate of drug-likeness (QED) is 0.456. The van der Waals surface area contributed by atoms with E-state index in [-0.39, 0.29) is 17.6 Å². The average molecular weight is 407 g/mol. The number of carbonyl (C=O) groups is 1. The molecule has 0 aliphatic heterocycles. The number of nitrogens with one attached hydrogen (secondary N) is 3. The largest absolute Gasteiger partial charge is 0.450 e. The van der Waals surface area contributed by atoms with Crippen LogP contribution in [-0.2, 0) is 17.5 Å². The molecule has 1 aliphatic carbocycles. The lowest BCUT2D eigenvalue weighted by Gasteiger charge is -2.20. The zero-order valence-corrected chi connectivity index (χ0v) is 16.0. The summed E-state index contributed by atoms with van der Waals surface area (Å²) < 4.78 is 42.7. The normalized spacial score (nSPS) is 16.0. The van der Waals surface area contributed by atoms with Gasteiger partial charge in [-0.1, -0.05) is 0 Å². The van der Waals surface area contributed by atoms with Crippen molar-refractivity contribution < 1.29 is 22.7 Å². The van der Waals surface area contributed by atoms with Crippen LogP contribution in [0.5, 0.6) is 0 Å². The lowest BCUT2D eigenvalue weighted by molar-refractivity contribution is -0.140. The molecule has 1 atom stereocenters. The fourth-order valence-electron chi connectivity index (χ4n) is 2.37. The Hall–Kier alpha value is -2.04. The maximum absolute atomic E-state index is 12.6. The first-order valence-corrected chi connectivity index (χ1v) is 9.68. The number of guanidine groups is 1. The van der Waals surface area contributed by atoms with Gasteiger partial charge in [-0.3, -0.25) is 0 Å². The minimum atomic E-state index is -4.45. The summed E-state index contributed by atoms with van der Waals surface area (Å²) in [6.45, 7) is 5.00. The lowest BCUT2D eigenvalue weighted by atomic mass is 10.2. The highest BCUT2D eigenvalue weighted by Crippen LogP contribution is 2.32. The molecule has 1 fully saturated rings. The Morgan fingerprint density at radius 2 is 2.15 bits per heavy atom. The number of aliphatic imine (C=N–C) groups is 1. The number of hydrogen-bond donors (Lipinski definition) is 3. The number of carbonyl (C=O) groups excluding carboxylic acids is 1. The van der Waals surface area contributed by atoms with Gasteiger partial charge in [0, 0.05) is 18.5 Å². The van der Waals surface area contributed by atoms with Gasteiger partial charge in [-0.05, 0) is 32.6 Å². The fraction of sp³-hybridized carbons (Fsp3) is 0.688. The maximum Gasteiger partial charge on any atom is 0.434 e. The number of amides is 1. The molecule has 1 aliphatic rings. The molecule has 152 valence electrons. The zero-order chi connectivity index (χ0) is 19.9. The number of halogens is 3. The molecule has 0 spiro atoms. The van der Waals surface area contributed by atoms with Gasteiger partial charge in [0.25, 0.3) is 0 Å². The van der Waals surface area contributed by atoms with Crippen LogP contribution in [-0.4, -0.2) is 42.8 Å². The van der Waals surface area contributed by atoms with Gasteiger partial charge < -0.3 is 20.7 Å². The Balaban J connectivity index is 1.92. The van der Waals surface area contributed by atoms with E-state index in [4.69, 9.17) is 4.74 Å². The van der Waals surface area contributed by atoms with E-state index in [1.807, 2.05) is 6.92 Å². The number of nitrogens with zero attached hydrogens (tertiary/aromatic N) is 2. The Morgan fingerprint density at radius 3 is 2.70 bits per heavy atom. The summed E-state index contributed by atoms with van der Waals surface area (Å²) in [6.07, 6.45) is -2.84. The van der Waals surface area contributed by atoms with E-state index in [1.54, 1.807) is 6.92 Å². The van der Waals surface area contributed by atoms with Gasteiger partial charge in [0.1, 0.15) is 5.01 Å². The molecular formula is C16H24F3N5O2S. The molecule has 0 radical (unpaired) electrons. The number of hydrogen-bond acceptors (Lipinski definition) is 5. The first-order valence-electron chi connectivity index (χ1n) is 8.80. The predicted molar refractivity (Wildman–Crippen MR) is 96.6 cm³/mol. The summed E-state index contributed by atoms with van der Waals surface area (Å²) in [5.74, 6) is 0.843. The molecule has 27 heavy (non-hydrogen) atoms. The number of alkyl halides is 3. The second-order valence-electron chi connectivity index (χ2n) is 6.01. The third kappa shape index (κ3) is 7.24. The summed E-state index contributed by atoms with van der Waals surface area (Å²) in [7, 11) is 0. The van der Waals surface area contributed by atoms with Crippen LogP contribution in [0, 0.1) is 5.92 Å². The van der Waals surface area contributed by atoms with Gasteiger partial charge in [0.05, 0.1) is 19.2 Å². The SMILES string of the molecule is CCNC(=NCc1nc(C(F)(F)F)cs1)NCC(NC(=O)OCC)C1CC1. The fourth-order valence-corrected chi connectivity index (χ4v) is 3.09. The van der Waals surface area contributed by atoms with Crippen LogP contribution < -0.4 is 16.0 Å².